The van der Waals surface area contributed by atoms with Gasteiger partial charge in [0.15, 0.2) is 0 Å². The van der Waals surface area contributed by atoms with Crippen molar-refractivity contribution in [3.63, 3.8) is 0 Å². The first-order valence-corrected chi connectivity index (χ1v) is 6.20. The molecule has 0 saturated heterocycles. The Morgan fingerprint density at radius 3 is 2.71 bits per heavy atom. The topological polar surface area (TPSA) is 102 Å². The zero-order valence-corrected chi connectivity index (χ0v) is 11.7. The number of anilines is 2. The Balaban J connectivity index is 2.15. The van der Waals surface area contributed by atoms with Gasteiger partial charge >= 0.3 is 5.69 Å². The van der Waals surface area contributed by atoms with Gasteiger partial charge in [-0.1, -0.05) is 6.07 Å². The molecule has 0 amide bonds. The van der Waals surface area contributed by atoms with Crippen molar-refractivity contribution >= 4 is 17.3 Å². The minimum absolute atomic E-state index is 0.0736. The minimum Gasteiger partial charge on any atom is -0.481 e. The average Bonchev–Trinajstić information content (AvgIpc) is 2.52. The van der Waals surface area contributed by atoms with E-state index >= 15 is 0 Å². The lowest BCUT2D eigenvalue weighted by Gasteiger charge is -2.08. The van der Waals surface area contributed by atoms with Crippen molar-refractivity contribution in [2.45, 2.75) is 6.54 Å². The summed E-state index contributed by atoms with van der Waals surface area (Å²) in [5.74, 6) is 1.28. The number of nitrogens with zero attached hydrogens (tertiary/aromatic N) is 3. The molecule has 21 heavy (non-hydrogen) atoms. The Bertz CT molecular complexity index is 630. The Morgan fingerprint density at radius 1 is 1.33 bits per heavy atom. The van der Waals surface area contributed by atoms with Crippen LogP contribution in [0.3, 0.4) is 0 Å². The standard InChI is InChI=1S/C13H15N5O3/c1-14-11-5-4-10(18(19)20)13(17-11)16-8-9-3-6-12(21-2)15-7-9/h3-7H,8H2,1-2H3,(H2,14,16,17). The number of aromatic nitrogens is 2. The Morgan fingerprint density at radius 2 is 2.14 bits per heavy atom. The van der Waals surface area contributed by atoms with E-state index in [2.05, 4.69) is 20.6 Å². The molecule has 0 bridgehead atoms. The molecule has 0 saturated carbocycles. The van der Waals surface area contributed by atoms with Crippen LogP contribution in [-0.4, -0.2) is 29.0 Å². The summed E-state index contributed by atoms with van der Waals surface area (Å²) in [6, 6.07) is 6.52. The molecule has 2 aromatic rings. The zero-order chi connectivity index (χ0) is 15.2. The minimum atomic E-state index is -0.471. The summed E-state index contributed by atoms with van der Waals surface area (Å²) >= 11 is 0. The van der Waals surface area contributed by atoms with Crippen molar-refractivity contribution in [1.29, 1.82) is 0 Å². The summed E-state index contributed by atoms with van der Waals surface area (Å²) in [5.41, 5.74) is 0.789. The highest BCUT2D eigenvalue weighted by Gasteiger charge is 2.15. The lowest BCUT2D eigenvalue weighted by molar-refractivity contribution is -0.384. The fourth-order valence-corrected chi connectivity index (χ4v) is 1.69. The van der Waals surface area contributed by atoms with Crippen LogP contribution in [0.25, 0.3) is 0 Å². The number of rotatable bonds is 6. The molecule has 8 nitrogen and oxygen atoms in total. The second-order valence-electron chi connectivity index (χ2n) is 4.13. The Labute approximate surface area is 121 Å². The van der Waals surface area contributed by atoms with Crippen LogP contribution < -0.4 is 15.4 Å². The average molecular weight is 289 g/mol. The molecule has 2 aromatic heterocycles. The number of pyridine rings is 2. The zero-order valence-electron chi connectivity index (χ0n) is 11.7. The van der Waals surface area contributed by atoms with Crippen molar-refractivity contribution in [1.82, 2.24) is 9.97 Å². The molecule has 0 aromatic carbocycles. The maximum atomic E-state index is 11.0. The van der Waals surface area contributed by atoms with Gasteiger partial charge in [0, 0.05) is 31.9 Å². The van der Waals surface area contributed by atoms with Gasteiger partial charge in [-0.05, 0) is 11.6 Å². The van der Waals surface area contributed by atoms with Crippen LogP contribution >= 0.6 is 0 Å². The lowest BCUT2D eigenvalue weighted by Crippen LogP contribution is -2.06. The van der Waals surface area contributed by atoms with E-state index in [4.69, 9.17) is 4.74 Å². The summed E-state index contributed by atoms with van der Waals surface area (Å²) in [6.45, 7) is 0.373. The SMILES string of the molecule is CNc1ccc([N+](=O)[O-])c(NCc2ccc(OC)nc2)n1. The van der Waals surface area contributed by atoms with E-state index in [1.165, 1.54) is 13.2 Å². The van der Waals surface area contributed by atoms with Gasteiger partial charge in [0.05, 0.1) is 12.0 Å². The lowest BCUT2D eigenvalue weighted by atomic mass is 10.3. The molecular weight excluding hydrogens is 274 g/mol. The maximum Gasteiger partial charge on any atom is 0.311 e. The van der Waals surface area contributed by atoms with Crippen LogP contribution in [0.5, 0.6) is 5.88 Å². The molecule has 0 fully saturated rings. The van der Waals surface area contributed by atoms with Gasteiger partial charge in [-0.3, -0.25) is 10.1 Å². The number of hydrogen-bond donors (Lipinski definition) is 2. The molecule has 2 N–H and O–H groups in total. The van der Waals surface area contributed by atoms with Gasteiger partial charge in [-0.2, -0.15) is 0 Å². The van der Waals surface area contributed by atoms with Crippen molar-refractivity contribution in [3.05, 3.63) is 46.1 Å². The third kappa shape index (κ3) is 3.56. The van der Waals surface area contributed by atoms with E-state index in [0.717, 1.165) is 5.56 Å². The van der Waals surface area contributed by atoms with Crippen LogP contribution in [0.1, 0.15) is 5.56 Å². The van der Waals surface area contributed by atoms with Crippen molar-refractivity contribution in [2.75, 3.05) is 24.8 Å². The highest BCUT2D eigenvalue weighted by Crippen LogP contribution is 2.24. The Hall–Kier alpha value is -2.90. The predicted octanol–water partition coefficient (Wildman–Crippen LogP) is 2.05. The first-order chi connectivity index (χ1) is 10.1. The van der Waals surface area contributed by atoms with E-state index < -0.39 is 4.92 Å². The number of nitro groups is 1. The van der Waals surface area contributed by atoms with E-state index in [1.54, 1.807) is 25.4 Å². The van der Waals surface area contributed by atoms with E-state index in [1.807, 2.05) is 6.07 Å². The maximum absolute atomic E-state index is 11.0. The summed E-state index contributed by atoms with van der Waals surface area (Å²) < 4.78 is 4.97. The van der Waals surface area contributed by atoms with Crippen LogP contribution in [0.2, 0.25) is 0 Å². The number of nitrogens with one attached hydrogen (secondary N) is 2. The predicted molar refractivity (Wildman–Crippen MR) is 78.6 cm³/mol. The molecule has 0 unspecified atom stereocenters. The molecule has 2 rings (SSSR count). The highest BCUT2D eigenvalue weighted by molar-refractivity contribution is 5.60. The first kappa shape index (κ1) is 14.5. The molecule has 8 heteroatoms. The quantitative estimate of drug-likeness (QED) is 0.619. The highest BCUT2D eigenvalue weighted by atomic mass is 16.6. The van der Waals surface area contributed by atoms with Crippen LogP contribution in [-0.2, 0) is 6.54 Å². The van der Waals surface area contributed by atoms with Gasteiger partial charge < -0.3 is 15.4 Å². The largest absolute Gasteiger partial charge is 0.481 e. The summed E-state index contributed by atoms with van der Waals surface area (Å²) in [5, 5.41) is 16.8. The normalized spacial score (nSPS) is 10.0. The summed E-state index contributed by atoms with van der Waals surface area (Å²) in [7, 11) is 3.24. The summed E-state index contributed by atoms with van der Waals surface area (Å²) in [6.07, 6.45) is 1.64. The smallest absolute Gasteiger partial charge is 0.311 e. The van der Waals surface area contributed by atoms with Crippen LogP contribution in [0, 0.1) is 10.1 Å². The van der Waals surface area contributed by atoms with Gasteiger partial charge in [0.25, 0.3) is 0 Å². The molecule has 0 aliphatic carbocycles. The molecule has 0 aliphatic heterocycles. The van der Waals surface area contributed by atoms with E-state index in [9.17, 15) is 10.1 Å². The molecule has 2 heterocycles. The van der Waals surface area contributed by atoms with Crippen LogP contribution in [0.4, 0.5) is 17.3 Å². The number of ether oxygens (including phenoxy) is 1. The fraction of sp³-hybridized carbons (Fsp3) is 0.231. The fourth-order valence-electron chi connectivity index (χ4n) is 1.69. The second kappa shape index (κ2) is 6.51. The number of methoxy groups -OCH3 is 1. The molecule has 0 aliphatic rings. The van der Waals surface area contributed by atoms with Crippen molar-refractivity contribution in [3.8, 4) is 5.88 Å². The van der Waals surface area contributed by atoms with Crippen molar-refractivity contribution in [2.24, 2.45) is 0 Å². The molecule has 0 radical (unpaired) electrons. The second-order valence-corrected chi connectivity index (χ2v) is 4.13. The van der Waals surface area contributed by atoms with Crippen LogP contribution in [0.15, 0.2) is 30.5 Å². The van der Waals surface area contributed by atoms with E-state index in [-0.39, 0.29) is 11.5 Å². The summed E-state index contributed by atoms with van der Waals surface area (Å²) in [4.78, 5) is 18.7. The van der Waals surface area contributed by atoms with Gasteiger partial charge in [0.2, 0.25) is 11.7 Å². The van der Waals surface area contributed by atoms with Gasteiger partial charge in [-0.15, -0.1) is 0 Å². The van der Waals surface area contributed by atoms with Gasteiger partial charge in [-0.25, -0.2) is 9.97 Å². The Kier molecular flexibility index (Phi) is 4.50. The molecule has 110 valence electrons. The van der Waals surface area contributed by atoms with Crippen molar-refractivity contribution < 1.29 is 9.66 Å². The monoisotopic (exact) mass is 289 g/mol. The molecule has 0 spiro atoms. The van der Waals surface area contributed by atoms with E-state index in [0.29, 0.717) is 18.2 Å². The third-order valence-corrected chi connectivity index (χ3v) is 2.79. The third-order valence-electron chi connectivity index (χ3n) is 2.79. The molecular formula is C13H15N5O3. The number of hydrogen-bond acceptors (Lipinski definition) is 7. The van der Waals surface area contributed by atoms with Gasteiger partial charge in [0.1, 0.15) is 5.82 Å². The molecule has 0 atom stereocenters. The first-order valence-electron chi connectivity index (χ1n) is 6.20.